The molecule has 0 atom stereocenters. The van der Waals surface area contributed by atoms with Gasteiger partial charge in [0.1, 0.15) is 5.78 Å². The minimum Gasteiger partial charge on any atom is -0.300 e. The Balaban J connectivity index is 2.94. The number of nitrogens with one attached hydrogen (secondary N) is 1. The van der Waals surface area contributed by atoms with E-state index < -0.39 is 0 Å². The Labute approximate surface area is 76.1 Å². The van der Waals surface area contributed by atoms with Gasteiger partial charge in [0.15, 0.2) is 5.15 Å². The van der Waals surface area contributed by atoms with E-state index in [0.717, 1.165) is 17.7 Å². The first-order valence-electron chi connectivity index (χ1n) is 3.86. The van der Waals surface area contributed by atoms with Crippen LogP contribution < -0.4 is 0 Å². The van der Waals surface area contributed by atoms with E-state index in [4.69, 9.17) is 11.6 Å². The maximum absolute atomic E-state index is 10.8. The Bertz CT molecular complexity index is 293. The van der Waals surface area contributed by atoms with Gasteiger partial charge in [-0.2, -0.15) is 5.10 Å². The molecule has 0 aliphatic heterocycles. The van der Waals surface area contributed by atoms with Crippen LogP contribution in [0.2, 0.25) is 5.15 Å². The molecule has 0 aromatic carbocycles. The van der Waals surface area contributed by atoms with Crippen LogP contribution in [0.1, 0.15) is 25.1 Å². The number of carbonyl (C=O) groups excluding carboxylic acids is 1. The summed E-state index contributed by atoms with van der Waals surface area (Å²) in [5, 5.41) is 7.04. The lowest BCUT2D eigenvalue weighted by Gasteiger charge is -1.96. The molecular formula is C8H11ClN2O. The third-order valence-electron chi connectivity index (χ3n) is 1.68. The Morgan fingerprint density at radius 1 is 1.67 bits per heavy atom. The molecule has 0 bridgehead atoms. The fourth-order valence-corrected chi connectivity index (χ4v) is 1.32. The highest BCUT2D eigenvalue weighted by atomic mass is 35.5. The molecule has 0 spiro atoms. The molecule has 0 amide bonds. The van der Waals surface area contributed by atoms with Crippen molar-refractivity contribution in [2.24, 2.45) is 0 Å². The molecule has 1 aromatic rings. The molecule has 0 saturated carbocycles. The molecule has 0 radical (unpaired) electrons. The molecule has 1 aromatic heterocycles. The number of aromatic nitrogens is 2. The monoisotopic (exact) mass is 186 g/mol. The van der Waals surface area contributed by atoms with Crippen molar-refractivity contribution < 1.29 is 4.79 Å². The fourth-order valence-electron chi connectivity index (χ4n) is 1.10. The van der Waals surface area contributed by atoms with Gasteiger partial charge in [0.05, 0.1) is 0 Å². The first kappa shape index (κ1) is 9.26. The van der Waals surface area contributed by atoms with E-state index in [2.05, 4.69) is 10.2 Å². The Morgan fingerprint density at radius 3 is 2.83 bits per heavy atom. The second kappa shape index (κ2) is 3.72. The summed E-state index contributed by atoms with van der Waals surface area (Å²) in [7, 11) is 0. The summed E-state index contributed by atoms with van der Waals surface area (Å²) in [4.78, 5) is 10.8. The van der Waals surface area contributed by atoms with Crippen molar-refractivity contribution in [3.05, 3.63) is 16.4 Å². The van der Waals surface area contributed by atoms with Crippen molar-refractivity contribution in [2.75, 3.05) is 0 Å². The van der Waals surface area contributed by atoms with Crippen molar-refractivity contribution in [3.8, 4) is 0 Å². The number of aryl methyl sites for hydroxylation is 1. The normalized spacial score (nSPS) is 10.2. The predicted octanol–water partition coefficient (Wildman–Crippen LogP) is 1.76. The largest absolute Gasteiger partial charge is 0.300 e. The number of ketones is 1. The molecule has 0 saturated heterocycles. The standard InChI is InChI=1S/C8H11ClN2O/c1-3-7-6(4-5(2)12)8(9)11-10-7/h3-4H2,1-2H3,(H,10,11). The molecule has 1 heterocycles. The summed E-state index contributed by atoms with van der Waals surface area (Å²) in [5.74, 6) is 0.105. The van der Waals surface area contributed by atoms with Crippen LogP contribution in [0.25, 0.3) is 0 Å². The van der Waals surface area contributed by atoms with Crippen molar-refractivity contribution in [2.45, 2.75) is 26.7 Å². The molecule has 0 unspecified atom stereocenters. The van der Waals surface area contributed by atoms with Crippen LogP contribution in [-0.4, -0.2) is 16.0 Å². The summed E-state index contributed by atoms with van der Waals surface area (Å²) in [6.07, 6.45) is 1.20. The minimum absolute atomic E-state index is 0.105. The number of hydrogen-bond donors (Lipinski definition) is 1. The van der Waals surface area contributed by atoms with Crippen LogP contribution in [0, 0.1) is 0 Å². The number of aromatic amines is 1. The zero-order valence-corrected chi connectivity index (χ0v) is 7.90. The Morgan fingerprint density at radius 2 is 2.33 bits per heavy atom. The lowest BCUT2D eigenvalue weighted by Crippen LogP contribution is -1.98. The number of Topliss-reactive ketones (excluding diaryl/α,β-unsaturated/α-hetero) is 1. The number of carbonyl (C=O) groups is 1. The Hall–Kier alpha value is -0.830. The summed E-state index contributed by atoms with van der Waals surface area (Å²) < 4.78 is 0. The zero-order chi connectivity index (χ0) is 9.14. The third-order valence-corrected chi connectivity index (χ3v) is 1.99. The van der Waals surface area contributed by atoms with Gasteiger partial charge in [-0.25, -0.2) is 0 Å². The summed E-state index contributed by atoms with van der Waals surface area (Å²) >= 11 is 5.77. The highest BCUT2D eigenvalue weighted by Gasteiger charge is 2.11. The quantitative estimate of drug-likeness (QED) is 0.782. The third kappa shape index (κ3) is 1.85. The van der Waals surface area contributed by atoms with Gasteiger partial charge < -0.3 is 0 Å². The summed E-state index contributed by atoms with van der Waals surface area (Å²) in [5.41, 5.74) is 1.79. The van der Waals surface area contributed by atoms with Gasteiger partial charge in [-0.15, -0.1) is 0 Å². The van der Waals surface area contributed by atoms with Crippen molar-refractivity contribution >= 4 is 17.4 Å². The second-order valence-electron chi connectivity index (χ2n) is 2.70. The number of nitrogens with zero attached hydrogens (tertiary/aromatic N) is 1. The van der Waals surface area contributed by atoms with E-state index in [1.165, 1.54) is 0 Å². The smallest absolute Gasteiger partial charge is 0.154 e. The van der Waals surface area contributed by atoms with Crippen LogP contribution in [0.4, 0.5) is 0 Å². The molecule has 1 N–H and O–H groups in total. The van der Waals surface area contributed by atoms with Gasteiger partial charge >= 0.3 is 0 Å². The minimum atomic E-state index is 0.105. The first-order valence-corrected chi connectivity index (χ1v) is 4.24. The zero-order valence-electron chi connectivity index (χ0n) is 7.15. The van der Waals surface area contributed by atoms with Gasteiger partial charge in [-0.3, -0.25) is 9.89 Å². The molecule has 66 valence electrons. The summed E-state index contributed by atoms with van der Waals surface area (Å²) in [6.45, 7) is 3.54. The van der Waals surface area contributed by atoms with Gasteiger partial charge in [-0.05, 0) is 13.3 Å². The number of rotatable bonds is 3. The highest BCUT2D eigenvalue weighted by molar-refractivity contribution is 6.30. The van der Waals surface area contributed by atoms with Gasteiger partial charge in [0.2, 0.25) is 0 Å². The first-order chi connectivity index (χ1) is 5.65. The maximum Gasteiger partial charge on any atom is 0.154 e. The Kier molecular flexibility index (Phi) is 2.87. The van der Waals surface area contributed by atoms with Crippen LogP contribution in [0.3, 0.4) is 0 Å². The highest BCUT2D eigenvalue weighted by Crippen LogP contribution is 2.17. The van der Waals surface area contributed by atoms with Crippen molar-refractivity contribution in [1.29, 1.82) is 0 Å². The fraction of sp³-hybridized carbons (Fsp3) is 0.500. The van der Waals surface area contributed by atoms with Crippen LogP contribution in [-0.2, 0) is 17.6 Å². The van der Waals surface area contributed by atoms with E-state index >= 15 is 0 Å². The molecule has 0 fully saturated rings. The lowest BCUT2D eigenvalue weighted by molar-refractivity contribution is -0.116. The maximum atomic E-state index is 10.8. The van der Waals surface area contributed by atoms with Crippen molar-refractivity contribution in [3.63, 3.8) is 0 Å². The molecule has 0 aliphatic rings. The van der Waals surface area contributed by atoms with Gasteiger partial charge in [0, 0.05) is 17.7 Å². The van der Waals surface area contributed by atoms with E-state index in [9.17, 15) is 4.79 Å². The van der Waals surface area contributed by atoms with Crippen molar-refractivity contribution in [1.82, 2.24) is 10.2 Å². The number of hydrogen-bond acceptors (Lipinski definition) is 2. The molecule has 12 heavy (non-hydrogen) atoms. The van der Waals surface area contributed by atoms with Crippen LogP contribution in [0.15, 0.2) is 0 Å². The second-order valence-corrected chi connectivity index (χ2v) is 3.06. The molecule has 3 nitrogen and oxygen atoms in total. The SMILES string of the molecule is CCc1[nH]nc(Cl)c1CC(C)=O. The molecular weight excluding hydrogens is 176 g/mol. The average Bonchev–Trinajstić information content (AvgIpc) is 2.32. The number of halogens is 1. The molecule has 1 rings (SSSR count). The number of H-pyrrole nitrogens is 1. The summed E-state index contributed by atoms with van der Waals surface area (Å²) in [6, 6.07) is 0. The lowest BCUT2D eigenvalue weighted by atomic mass is 10.1. The van der Waals surface area contributed by atoms with E-state index in [-0.39, 0.29) is 5.78 Å². The van der Waals surface area contributed by atoms with Gasteiger partial charge in [-0.1, -0.05) is 18.5 Å². The molecule has 0 aliphatic carbocycles. The van der Waals surface area contributed by atoms with E-state index in [1.54, 1.807) is 6.92 Å². The predicted molar refractivity (Wildman–Crippen MR) is 47.4 cm³/mol. The van der Waals surface area contributed by atoms with Crippen LogP contribution >= 0.6 is 11.6 Å². The van der Waals surface area contributed by atoms with Crippen LogP contribution in [0.5, 0.6) is 0 Å². The average molecular weight is 187 g/mol. The van der Waals surface area contributed by atoms with E-state index in [0.29, 0.717) is 11.6 Å². The molecule has 4 heteroatoms. The van der Waals surface area contributed by atoms with Gasteiger partial charge in [0.25, 0.3) is 0 Å². The topological polar surface area (TPSA) is 45.8 Å². The van der Waals surface area contributed by atoms with E-state index in [1.807, 2.05) is 6.92 Å².